The Hall–Kier alpha value is -0.0800. The summed E-state index contributed by atoms with van der Waals surface area (Å²) < 4.78 is 0. The van der Waals surface area contributed by atoms with Crippen LogP contribution in [0.4, 0.5) is 0 Å². The van der Waals surface area contributed by atoms with Gasteiger partial charge in [0.15, 0.2) is 0 Å². The van der Waals surface area contributed by atoms with Crippen LogP contribution in [0.15, 0.2) is 0 Å². The van der Waals surface area contributed by atoms with Gasteiger partial charge in [0.1, 0.15) is 0 Å². The maximum absolute atomic E-state index is 5.95. The van der Waals surface area contributed by atoms with Gasteiger partial charge in [0.2, 0.25) is 0 Å². The third kappa shape index (κ3) is 2.23. The van der Waals surface area contributed by atoms with Gasteiger partial charge in [-0.3, -0.25) is 0 Å². The van der Waals surface area contributed by atoms with Crippen molar-refractivity contribution in [3.05, 3.63) is 0 Å². The van der Waals surface area contributed by atoms with E-state index in [1.807, 2.05) is 0 Å². The molecule has 2 N–H and O–H groups in total. The van der Waals surface area contributed by atoms with E-state index in [1.54, 1.807) is 0 Å². The molecule has 0 aromatic rings. The largest absolute Gasteiger partial charge is 0.330 e. The van der Waals surface area contributed by atoms with Crippen molar-refractivity contribution in [2.75, 3.05) is 26.7 Å². The van der Waals surface area contributed by atoms with Crippen molar-refractivity contribution in [2.45, 2.75) is 32.1 Å². The molecule has 2 heteroatoms. The Morgan fingerprint density at radius 1 is 1.46 bits per heavy atom. The van der Waals surface area contributed by atoms with E-state index >= 15 is 0 Å². The van der Waals surface area contributed by atoms with E-state index in [4.69, 9.17) is 5.73 Å². The quantitative estimate of drug-likeness (QED) is 0.716. The van der Waals surface area contributed by atoms with Crippen LogP contribution in [0.5, 0.6) is 0 Å². The fourth-order valence-corrected chi connectivity index (χ4v) is 2.81. The zero-order valence-electron chi connectivity index (χ0n) is 8.76. The zero-order valence-corrected chi connectivity index (χ0v) is 8.76. The molecule has 1 aliphatic heterocycles. The Balaban J connectivity index is 1.94. The van der Waals surface area contributed by atoms with Gasteiger partial charge in [0.05, 0.1) is 0 Å². The molecule has 2 aliphatic rings. The van der Waals surface area contributed by atoms with Crippen LogP contribution >= 0.6 is 0 Å². The average Bonchev–Trinajstić information content (AvgIpc) is 2.88. The van der Waals surface area contributed by atoms with Crippen LogP contribution in [0, 0.1) is 11.3 Å². The maximum Gasteiger partial charge on any atom is 0.00471 e. The van der Waals surface area contributed by atoms with Gasteiger partial charge in [0, 0.05) is 6.54 Å². The van der Waals surface area contributed by atoms with Crippen molar-refractivity contribution in [2.24, 2.45) is 17.1 Å². The van der Waals surface area contributed by atoms with E-state index in [2.05, 4.69) is 11.9 Å². The van der Waals surface area contributed by atoms with Gasteiger partial charge in [-0.25, -0.2) is 0 Å². The van der Waals surface area contributed by atoms with Crippen molar-refractivity contribution in [3.8, 4) is 0 Å². The lowest BCUT2D eigenvalue weighted by Crippen LogP contribution is -2.45. The van der Waals surface area contributed by atoms with Crippen molar-refractivity contribution in [1.82, 2.24) is 4.90 Å². The molecule has 0 radical (unpaired) electrons. The normalized spacial score (nSPS) is 36.5. The van der Waals surface area contributed by atoms with Gasteiger partial charge in [0.25, 0.3) is 0 Å². The Morgan fingerprint density at radius 3 is 2.77 bits per heavy atom. The Bertz CT molecular complexity index is 173. The summed E-state index contributed by atoms with van der Waals surface area (Å²) >= 11 is 0. The summed E-state index contributed by atoms with van der Waals surface area (Å²) in [4.78, 5) is 2.46. The number of piperidine rings is 1. The van der Waals surface area contributed by atoms with Crippen LogP contribution in [0.25, 0.3) is 0 Å². The van der Waals surface area contributed by atoms with Crippen LogP contribution in [0.3, 0.4) is 0 Å². The first kappa shape index (κ1) is 9.47. The summed E-state index contributed by atoms with van der Waals surface area (Å²) in [5.74, 6) is 1.02. The van der Waals surface area contributed by atoms with E-state index in [0.29, 0.717) is 5.41 Å². The summed E-state index contributed by atoms with van der Waals surface area (Å²) in [6, 6.07) is 0. The standard InChI is InChI=1S/C11H22N2/c1-13-6-2-5-11(8-12,9-13)7-10-3-4-10/h10H,2-9,12H2,1H3. The van der Waals surface area contributed by atoms with Gasteiger partial charge >= 0.3 is 0 Å². The predicted octanol–water partition coefficient (Wildman–Crippen LogP) is 1.46. The van der Waals surface area contributed by atoms with E-state index in [-0.39, 0.29) is 0 Å². The lowest BCUT2D eigenvalue weighted by atomic mass is 9.76. The first-order valence-electron chi connectivity index (χ1n) is 5.63. The zero-order chi connectivity index (χ0) is 9.31. The molecule has 1 unspecified atom stereocenters. The van der Waals surface area contributed by atoms with Gasteiger partial charge in [-0.1, -0.05) is 12.8 Å². The molecule has 13 heavy (non-hydrogen) atoms. The molecule has 76 valence electrons. The molecular weight excluding hydrogens is 160 g/mol. The van der Waals surface area contributed by atoms with E-state index in [0.717, 1.165) is 12.5 Å². The summed E-state index contributed by atoms with van der Waals surface area (Å²) in [6.07, 6.45) is 7.04. The molecule has 0 spiro atoms. The smallest absolute Gasteiger partial charge is 0.00471 e. The second-order valence-electron chi connectivity index (χ2n) is 5.19. The van der Waals surface area contributed by atoms with Crippen molar-refractivity contribution >= 4 is 0 Å². The summed E-state index contributed by atoms with van der Waals surface area (Å²) in [6.45, 7) is 3.40. The van der Waals surface area contributed by atoms with Crippen LogP contribution in [-0.4, -0.2) is 31.6 Å². The van der Waals surface area contributed by atoms with E-state index in [1.165, 1.54) is 45.2 Å². The molecule has 0 bridgehead atoms. The van der Waals surface area contributed by atoms with E-state index < -0.39 is 0 Å². The molecule has 1 saturated carbocycles. The summed E-state index contributed by atoms with van der Waals surface area (Å²) in [5, 5.41) is 0. The third-order valence-corrected chi connectivity index (χ3v) is 3.70. The molecule has 0 amide bonds. The number of nitrogens with two attached hydrogens (primary N) is 1. The van der Waals surface area contributed by atoms with Gasteiger partial charge in [-0.2, -0.15) is 0 Å². The average molecular weight is 182 g/mol. The minimum Gasteiger partial charge on any atom is -0.330 e. The van der Waals surface area contributed by atoms with Gasteiger partial charge < -0.3 is 10.6 Å². The second kappa shape index (κ2) is 3.58. The first-order chi connectivity index (χ1) is 6.24. The highest BCUT2D eigenvalue weighted by Gasteiger charge is 2.38. The minimum absolute atomic E-state index is 0.480. The first-order valence-corrected chi connectivity index (χ1v) is 5.63. The Morgan fingerprint density at radius 2 is 2.23 bits per heavy atom. The lowest BCUT2D eigenvalue weighted by molar-refractivity contribution is 0.101. The molecule has 0 aromatic carbocycles. The fraction of sp³-hybridized carbons (Fsp3) is 1.00. The van der Waals surface area contributed by atoms with Crippen molar-refractivity contribution in [3.63, 3.8) is 0 Å². The molecule has 1 atom stereocenters. The minimum atomic E-state index is 0.480. The van der Waals surface area contributed by atoms with Gasteiger partial charge in [-0.15, -0.1) is 0 Å². The lowest BCUT2D eigenvalue weighted by Gasteiger charge is -2.41. The number of hydrogen-bond donors (Lipinski definition) is 1. The molecule has 1 saturated heterocycles. The van der Waals surface area contributed by atoms with Crippen LogP contribution < -0.4 is 5.73 Å². The molecule has 0 aromatic heterocycles. The third-order valence-electron chi connectivity index (χ3n) is 3.70. The molecule has 1 heterocycles. The molecular formula is C11H22N2. The molecule has 2 rings (SSSR count). The summed E-state index contributed by atoms with van der Waals surface area (Å²) in [7, 11) is 2.23. The van der Waals surface area contributed by atoms with Crippen LogP contribution in [0.2, 0.25) is 0 Å². The van der Waals surface area contributed by atoms with Crippen molar-refractivity contribution < 1.29 is 0 Å². The molecule has 1 aliphatic carbocycles. The highest BCUT2D eigenvalue weighted by molar-refractivity contribution is 4.91. The highest BCUT2D eigenvalue weighted by Crippen LogP contribution is 2.43. The Kier molecular flexibility index (Phi) is 2.61. The molecule has 2 fully saturated rings. The topological polar surface area (TPSA) is 29.3 Å². The number of likely N-dealkylation sites (tertiary alicyclic amines) is 1. The predicted molar refractivity (Wildman–Crippen MR) is 55.6 cm³/mol. The van der Waals surface area contributed by atoms with Crippen LogP contribution in [0.1, 0.15) is 32.1 Å². The summed E-state index contributed by atoms with van der Waals surface area (Å²) in [5.41, 5.74) is 6.43. The number of nitrogens with zero attached hydrogens (tertiary/aromatic N) is 1. The SMILES string of the molecule is CN1CCCC(CN)(CC2CC2)C1. The Labute approximate surface area is 81.5 Å². The second-order valence-corrected chi connectivity index (χ2v) is 5.19. The maximum atomic E-state index is 5.95. The van der Waals surface area contributed by atoms with Crippen LogP contribution in [-0.2, 0) is 0 Å². The van der Waals surface area contributed by atoms with Gasteiger partial charge in [-0.05, 0) is 50.7 Å². The van der Waals surface area contributed by atoms with Crippen molar-refractivity contribution in [1.29, 1.82) is 0 Å². The highest BCUT2D eigenvalue weighted by atomic mass is 15.1. The number of hydrogen-bond acceptors (Lipinski definition) is 2. The van der Waals surface area contributed by atoms with E-state index in [9.17, 15) is 0 Å². The monoisotopic (exact) mass is 182 g/mol. The fourth-order valence-electron chi connectivity index (χ4n) is 2.81. The number of rotatable bonds is 3. The molecule has 2 nitrogen and oxygen atoms in total.